The summed E-state index contributed by atoms with van der Waals surface area (Å²) in [7, 11) is 0. The van der Waals surface area contributed by atoms with Gasteiger partial charge in [0.1, 0.15) is 5.75 Å². The predicted molar refractivity (Wildman–Crippen MR) is 84.3 cm³/mol. The van der Waals surface area contributed by atoms with E-state index < -0.39 is 6.36 Å². The van der Waals surface area contributed by atoms with Crippen molar-refractivity contribution in [2.45, 2.75) is 39.7 Å². The van der Waals surface area contributed by atoms with E-state index in [1.807, 2.05) is 6.92 Å². The molecule has 0 fully saturated rings. The van der Waals surface area contributed by atoms with E-state index in [1.165, 1.54) is 28.8 Å². The number of rotatable bonds is 5. The van der Waals surface area contributed by atoms with Crippen molar-refractivity contribution in [1.29, 1.82) is 0 Å². The molecule has 2 aromatic carbocycles. The Morgan fingerprint density at radius 3 is 2.09 bits per heavy atom. The summed E-state index contributed by atoms with van der Waals surface area (Å²) < 4.78 is 40.3. The highest BCUT2D eigenvalue weighted by Gasteiger charge is 2.30. The minimum Gasteiger partial charge on any atom is -0.406 e. The van der Waals surface area contributed by atoms with Crippen molar-refractivity contribution in [3.05, 3.63) is 64.7 Å². The summed E-state index contributed by atoms with van der Waals surface area (Å²) in [5.74, 6) is -0.206. The van der Waals surface area contributed by atoms with E-state index in [1.54, 1.807) is 12.1 Å². The van der Waals surface area contributed by atoms with Crippen LogP contribution in [0.15, 0.2) is 42.5 Å². The molecule has 0 aliphatic rings. The minimum absolute atomic E-state index is 0.0238. The van der Waals surface area contributed by atoms with Crippen LogP contribution >= 0.6 is 0 Å². The second-order valence-electron chi connectivity index (χ2n) is 5.72. The summed E-state index contributed by atoms with van der Waals surface area (Å²) in [6.45, 7) is 6.78. The van der Waals surface area contributed by atoms with Gasteiger partial charge in [0.25, 0.3) is 0 Å². The zero-order chi connectivity index (χ0) is 17.0. The lowest BCUT2D eigenvalue weighted by Crippen LogP contribution is -2.19. The first kappa shape index (κ1) is 17.3. The molecule has 0 aromatic heterocycles. The van der Waals surface area contributed by atoms with Crippen LogP contribution in [0, 0.1) is 13.8 Å². The molecule has 2 nitrogen and oxygen atoms in total. The fourth-order valence-corrected chi connectivity index (χ4v) is 2.52. The first-order valence-corrected chi connectivity index (χ1v) is 7.39. The lowest BCUT2D eigenvalue weighted by atomic mass is 10.1. The monoisotopic (exact) mass is 323 g/mol. The number of benzene rings is 2. The minimum atomic E-state index is -4.66. The summed E-state index contributed by atoms with van der Waals surface area (Å²) in [6, 6.07) is 12.3. The third-order valence-electron chi connectivity index (χ3n) is 3.51. The van der Waals surface area contributed by atoms with Gasteiger partial charge in [0, 0.05) is 12.6 Å². The fourth-order valence-electron chi connectivity index (χ4n) is 2.52. The summed E-state index contributed by atoms with van der Waals surface area (Å²) in [5.41, 5.74) is 4.52. The van der Waals surface area contributed by atoms with Gasteiger partial charge in [-0.1, -0.05) is 41.5 Å². The average molecular weight is 323 g/mol. The Bertz CT molecular complexity index is 630. The van der Waals surface area contributed by atoms with Crippen molar-refractivity contribution in [2.75, 3.05) is 0 Å². The van der Waals surface area contributed by atoms with Gasteiger partial charge < -0.3 is 10.1 Å². The summed E-state index contributed by atoms with van der Waals surface area (Å²) in [5, 5.41) is 3.37. The predicted octanol–water partition coefficient (Wildman–Crippen LogP) is 5.05. The molecule has 0 aliphatic heterocycles. The van der Waals surface area contributed by atoms with Gasteiger partial charge in [-0.05, 0) is 44.0 Å². The van der Waals surface area contributed by atoms with Gasteiger partial charge in [0.2, 0.25) is 0 Å². The van der Waals surface area contributed by atoms with Crippen LogP contribution in [0.5, 0.6) is 5.75 Å². The number of halogens is 3. The molecule has 0 spiro atoms. The number of hydrogen-bond acceptors (Lipinski definition) is 2. The largest absolute Gasteiger partial charge is 0.573 e. The highest BCUT2D eigenvalue weighted by molar-refractivity contribution is 5.30. The van der Waals surface area contributed by atoms with Crippen LogP contribution in [0.4, 0.5) is 13.2 Å². The molecule has 2 rings (SSSR count). The molecule has 0 heterocycles. The molecule has 0 radical (unpaired) electrons. The molecule has 5 heteroatoms. The Labute approximate surface area is 134 Å². The van der Waals surface area contributed by atoms with E-state index in [-0.39, 0.29) is 11.8 Å². The van der Waals surface area contributed by atoms with Crippen LogP contribution in [-0.2, 0) is 6.54 Å². The topological polar surface area (TPSA) is 21.3 Å². The zero-order valence-corrected chi connectivity index (χ0v) is 13.4. The maximum Gasteiger partial charge on any atom is 0.573 e. The Balaban J connectivity index is 1.96. The quantitative estimate of drug-likeness (QED) is 0.831. The van der Waals surface area contributed by atoms with E-state index in [9.17, 15) is 13.2 Å². The van der Waals surface area contributed by atoms with Gasteiger partial charge >= 0.3 is 6.36 Å². The van der Waals surface area contributed by atoms with Gasteiger partial charge in [0.15, 0.2) is 0 Å². The van der Waals surface area contributed by atoms with Crippen molar-refractivity contribution in [2.24, 2.45) is 0 Å². The molecule has 0 amide bonds. The molecule has 0 saturated heterocycles. The lowest BCUT2D eigenvalue weighted by molar-refractivity contribution is -0.274. The van der Waals surface area contributed by atoms with Crippen LogP contribution in [0.3, 0.4) is 0 Å². The molecule has 0 bridgehead atoms. The van der Waals surface area contributed by atoms with E-state index in [2.05, 4.69) is 42.1 Å². The second-order valence-corrected chi connectivity index (χ2v) is 5.72. The SMILES string of the molecule is Cc1cc(C)cc(CNC(C)c2ccc(OC(F)(F)F)cc2)c1. The van der Waals surface area contributed by atoms with Gasteiger partial charge in [0.05, 0.1) is 0 Å². The third-order valence-corrected chi connectivity index (χ3v) is 3.51. The van der Waals surface area contributed by atoms with Crippen molar-refractivity contribution >= 4 is 0 Å². The van der Waals surface area contributed by atoms with Crippen LogP contribution in [-0.4, -0.2) is 6.36 Å². The standard InChI is InChI=1S/C18H20F3NO/c1-12-8-13(2)10-15(9-12)11-22-14(3)16-4-6-17(7-5-16)23-18(19,20)21/h4-10,14,22H,11H2,1-3H3. The van der Waals surface area contributed by atoms with Crippen LogP contribution in [0.25, 0.3) is 0 Å². The third kappa shape index (κ3) is 5.60. The van der Waals surface area contributed by atoms with Gasteiger partial charge in [-0.3, -0.25) is 0 Å². The summed E-state index contributed by atoms with van der Waals surface area (Å²) in [6.07, 6.45) is -4.66. The number of nitrogens with one attached hydrogen (secondary N) is 1. The fraction of sp³-hybridized carbons (Fsp3) is 0.333. The Hall–Kier alpha value is -2.01. The number of hydrogen-bond donors (Lipinski definition) is 1. The van der Waals surface area contributed by atoms with Crippen LogP contribution in [0.2, 0.25) is 0 Å². The van der Waals surface area contributed by atoms with E-state index in [0.29, 0.717) is 6.54 Å². The van der Waals surface area contributed by atoms with Crippen molar-refractivity contribution in [1.82, 2.24) is 5.32 Å². The number of alkyl halides is 3. The second kappa shape index (κ2) is 7.04. The lowest BCUT2D eigenvalue weighted by Gasteiger charge is -2.16. The first-order valence-electron chi connectivity index (χ1n) is 7.39. The van der Waals surface area contributed by atoms with Gasteiger partial charge in [-0.25, -0.2) is 0 Å². The molecule has 23 heavy (non-hydrogen) atoms. The normalized spacial score (nSPS) is 13.0. The molecule has 2 aromatic rings. The van der Waals surface area contributed by atoms with Crippen LogP contribution in [0.1, 0.15) is 35.2 Å². The number of aryl methyl sites for hydroxylation is 2. The molecule has 1 N–H and O–H groups in total. The highest BCUT2D eigenvalue weighted by atomic mass is 19.4. The molecular formula is C18H20F3NO. The Morgan fingerprint density at radius 1 is 1.00 bits per heavy atom. The molecular weight excluding hydrogens is 303 g/mol. The van der Waals surface area contributed by atoms with Crippen LogP contribution < -0.4 is 10.1 Å². The Kier molecular flexibility index (Phi) is 5.31. The van der Waals surface area contributed by atoms with E-state index in [4.69, 9.17) is 0 Å². The summed E-state index contributed by atoms with van der Waals surface area (Å²) in [4.78, 5) is 0. The molecule has 124 valence electrons. The van der Waals surface area contributed by atoms with E-state index >= 15 is 0 Å². The highest BCUT2D eigenvalue weighted by Crippen LogP contribution is 2.24. The molecule has 1 unspecified atom stereocenters. The number of ether oxygens (including phenoxy) is 1. The molecule has 0 saturated carbocycles. The van der Waals surface area contributed by atoms with E-state index in [0.717, 1.165) is 5.56 Å². The summed E-state index contributed by atoms with van der Waals surface area (Å²) >= 11 is 0. The van der Waals surface area contributed by atoms with Crippen molar-refractivity contribution in [3.8, 4) is 5.75 Å². The molecule has 1 atom stereocenters. The van der Waals surface area contributed by atoms with Crippen molar-refractivity contribution < 1.29 is 17.9 Å². The first-order chi connectivity index (χ1) is 10.7. The smallest absolute Gasteiger partial charge is 0.406 e. The van der Waals surface area contributed by atoms with Crippen molar-refractivity contribution in [3.63, 3.8) is 0 Å². The van der Waals surface area contributed by atoms with Gasteiger partial charge in [-0.2, -0.15) is 0 Å². The zero-order valence-electron chi connectivity index (χ0n) is 13.4. The maximum absolute atomic E-state index is 12.1. The van der Waals surface area contributed by atoms with Gasteiger partial charge in [-0.15, -0.1) is 13.2 Å². The molecule has 0 aliphatic carbocycles. The Morgan fingerprint density at radius 2 is 1.57 bits per heavy atom. The maximum atomic E-state index is 12.1. The average Bonchev–Trinajstić information content (AvgIpc) is 2.43.